The van der Waals surface area contributed by atoms with Gasteiger partial charge in [0.1, 0.15) is 0 Å². The number of fused-ring (bicyclic) bond motifs is 1. The summed E-state index contributed by atoms with van der Waals surface area (Å²) >= 11 is 0. The van der Waals surface area contributed by atoms with Crippen LogP contribution in [0, 0.1) is 0 Å². The standard InChI is InChI=1S/C13H15NO4/c1-2-3-6-14-13(16)12(15)9-4-5-10-11(7-9)18-8-17-10/h4-5,7H,2-3,6,8H2,1H3,(H,14,16). The number of unbranched alkanes of at least 4 members (excludes halogenated alkanes) is 1. The van der Waals surface area contributed by atoms with Gasteiger partial charge in [0.2, 0.25) is 12.6 Å². The van der Waals surface area contributed by atoms with Crippen LogP contribution in [0.25, 0.3) is 0 Å². The van der Waals surface area contributed by atoms with Crippen LogP contribution in [0.2, 0.25) is 0 Å². The molecule has 18 heavy (non-hydrogen) atoms. The molecular weight excluding hydrogens is 234 g/mol. The van der Waals surface area contributed by atoms with Crippen molar-refractivity contribution in [3.05, 3.63) is 23.8 Å². The minimum atomic E-state index is -0.581. The van der Waals surface area contributed by atoms with Crippen LogP contribution in [0.1, 0.15) is 30.1 Å². The predicted octanol–water partition coefficient (Wildman–Crippen LogP) is 1.51. The van der Waals surface area contributed by atoms with Crippen molar-refractivity contribution < 1.29 is 19.1 Å². The smallest absolute Gasteiger partial charge is 0.292 e. The van der Waals surface area contributed by atoms with E-state index < -0.39 is 11.7 Å². The second-order valence-electron chi connectivity index (χ2n) is 4.01. The first-order chi connectivity index (χ1) is 8.72. The monoisotopic (exact) mass is 249 g/mol. The van der Waals surface area contributed by atoms with E-state index in [2.05, 4.69) is 5.32 Å². The first kappa shape index (κ1) is 12.4. The van der Waals surface area contributed by atoms with Crippen molar-refractivity contribution in [2.24, 2.45) is 0 Å². The summed E-state index contributed by atoms with van der Waals surface area (Å²) in [6.07, 6.45) is 1.83. The maximum absolute atomic E-state index is 11.8. The Bertz CT molecular complexity index is 470. The lowest BCUT2D eigenvalue weighted by molar-refractivity contribution is -0.117. The van der Waals surface area contributed by atoms with E-state index in [1.807, 2.05) is 6.92 Å². The number of ketones is 1. The number of ether oxygens (including phenoxy) is 2. The SMILES string of the molecule is CCCCNC(=O)C(=O)c1ccc2c(c1)OCO2. The summed E-state index contributed by atoms with van der Waals surface area (Å²) in [4.78, 5) is 23.4. The minimum Gasteiger partial charge on any atom is -0.454 e. The lowest BCUT2D eigenvalue weighted by Gasteiger charge is -2.04. The van der Waals surface area contributed by atoms with E-state index in [0.29, 0.717) is 23.6 Å². The molecule has 0 aromatic heterocycles. The van der Waals surface area contributed by atoms with E-state index in [1.54, 1.807) is 12.1 Å². The third-order valence-corrected chi connectivity index (χ3v) is 2.66. The van der Waals surface area contributed by atoms with Crippen molar-refractivity contribution in [3.8, 4) is 11.5 Å². The van der Waals surface area contributed by atoms with Crippen molar-refractivity contribution in [2.75, 3.05) is 13.3 Å². The number of hydrogen-bond acceptors (Lipinski definition) is 4. The topological polar surface area (TPSA) is 64.6 Å². The minimum absolute atomic E-state index is 0.148. The fourth-order valence-corrected chi connectivity index (χ4v) is 1.63. The molecule has 2 rings (SSSR count). The number of rotatable bonds is 5. The molecule has 0 unspecified atom stereocenters. The van der Waals surface area contributed by atoms with Gasteiger partial charge in [-0.25, -0.2) is 0 Å². The maximum atomic E-state index is 11.8. The molecule has 0 saturated carbocycles. The van der Waals surface area contributed by atoms with Gasteiger partial charge < -0.3 is 14.8 Å². The Balaban J connectivity index is 2.02. The van der Waals surface area contributed by atoms with Crippen molar-refractivity contribution in [3.63, 3.8) is 0 Å². The van der Waals surface area contributed by atoms with E-state index in [0.717, 1.165) is 12.8 Å². The summed E-state index contributed by atoms with van der Waals surface area (Å²) in [5.74, 6) is -0.0353. The molecule has 0 saturated heterocycles. The number of carbonyl (C=O) groups is 2. The molecule has 1 aliphatic heterocycles. The van der Waals surface area contributed by atoms with Crippen molar-refractivity contribution >= 4 is 11.7 Å². The Kier molecular flexibility index (Phi) is 3.82. The van der Waals surface area contributed by atoms with Crippen LogP contribution in [0.5, 0.6) is 11.5 Å². The number of nitrogens with one attached hydrogen (secondary N) is 1. The highest BCUT2D eigenvalue weighted by Gasteiger charge is 2.20. The zero-order valence-electron chi connectivity index (χ0n) is 10.2. The Morgan fingerprint density at radius 1 is 1.28 bits per heavy atom. The summed E-state index contributed by atoms with van der Waals surface area (Å²) in [7, 11) is 0. The Hall–Kier alpha value is -2.04. The van der Waals surface area contributed by atoms with Gasteiger partial charge in [-0.15, -0.1) is 0 Å². The molecule has 5 heteroatoms. The largest absolute Gasteiger partial charge is 0.454 e. The molecule has 5 nitrogen and oxygen atoms in total. The second kappa shape index (κ2) is 5.53. The second-order valence-corrected chi connectivity index (χ2v) is 4.01. The number of amides is 1. The van der Waals surface area contributed by atoms with Crippen LogP contribution in [0.3, 0.4) is 0 Å². The molecule has 1 N–H and O–H groups in total. The van der Waals surface area contributed by atoms with Gasteiger partial charge in [-0.3, -0.25) is 9.59 Å². The quantitative estimate of drug-likeness (QED) is 0.488. The molecule has 0 radical (unpaired) electrons. The average molecular weight is 249 g/mol. The van der Waals surface area contributed by atoms with Crippen LogP contribution < -0.4 is 14.8 Å². The van der Waals surface area contributed by atoms with Gasteiger partial charge in [0.25, 0.3) is 5.91 Å². The molecule has 0 bridgehead atoms. The van der Waals surface area contributed by atoms with Gasteiger partial charge >= 0.3 is 0 Å². The Morgan fingerprint density at radius 3 is 2.83 bits per heavy atom. The summed E-state index contributed by atoms with van der Waals surface area (Å²) in [5, 5.41) is 2.59. The summed E-state index contributed by atoms with van der Waals surface area (Å²) in [6.45, 7) is 2.69. The molecule has 0 atom stereocenters. The summed E-state index contributed by atoms with van der Waals surface area (Å²) in [6, 6.07) is 4.73. The summed E-state index contributed by atoms with van der Waals surface area (Å²) in [5.41, 5.74) is 0.313. The van der Waals surface area contributed by atoms with Crippen LogP contribution in [0.15, 0.2) is 18.2 Å². The Labute approximate surface area is 105 Å². The maximum Gasteiger partial charge on any atom is 0.292 e. The fraction of sp³-hybridized carbons (Fsp3) is 0.385. The van der Waals surface area contributed by atoms with Gasteiger partial charge in [-0.2, -0.15) is 0 Å². The van der Waals surface area contributed by atoms with Crippen LogP contribution >= 0.6 is 0 Å². The fourth-order valence-electron chi connectivity index (χ4n) is 1.63. The number of benzene rings is 1. The third-order valence-electron chi connectivity index (χ3n) is 2.66. The highest BCUT2D eigenvalue weighted by Crippen LogP contribution is 2.32. The zero-order valence-corrected chi connectivity index (χ0v) is 10.2. The number of hydrogen-bond donors (Lipinski definition) is 1. The van der Waals surface area contributed by atoms with Gasteiger partial charge in [-0.05, 0) is 24.6 Å². The summed E-state index contributed by atoms with van der Waals surface area (Å²) < 4.78 is 10.3. The normalized spacial score (nSPS) is 12.3. The molecule has 1 aliphatic rings. The molecule has 96 valence electrons. The predicted molar refractivity (Wildman–Crippen MR) is 64.8 cm³/mol. The van der Waals surface area contributed by atoms with Crippen molar-refractivity contribution in [1.29, 1.82) is 0 Å². The van der Waals surface area contributed by atoms with Crippen molar-refractivity contribution in [2.45, 2.75) is 19.8 Å². The van der Waals surface area contributed by atoms with Gasteiger partial charge in [0, 0.05) is 12.1 Å². The number of Topliss-reactive ketones (excluding diaryl/α,β-unsaturated/α-hetero) is 1. The molecule has 1 heterocycles. The van der Waals surface area contributed by atoms with E-state index in [9.17, 15) is 9.59 Å². The molecule has 1 aromatic carbocycles. The molecular formula is C13H15NO4. The molecule has 0 aliphatic carbocycles. The highest BCUT2D eigenvalue weighted by molar-refractivity contribution is 6.42. The third kappa shape index (κ3) is 2.61. The molecule has 0 spiro atoms. The van der Waals surface area contributed by atoms with Crippen LogP contribution in [0.4, 0.5) is 0 Å². The van der Waals surface area contributed by atoms with Crippen LogP contribution in [-0.4, -0.2) is 25.0 Å². The van der Waals surface area contributed by atoms with Gasteiger partial charge in [0.05, 0.1) is 0 Å². The highest BCUT2D eigenvalue weighted by atomic mass is 16.7. The van der Waals surface area contributed by atoms with E-state index in [4.69, 9.17) is 9.47 Å². The van der Waals surface area contributed by atoms with E-state index >= 15 is 0 Å². The van der Waals surface area contributed by atoms with Gasteiger partial charge in [0.15, 0.2) is 11.5 Å². The van der Waals surface area contributed by atoms with Gasteiger partial charge in [-0.1, -0.05) is 13.3 Å². The lowest BCUT2D eigenvalue weighted by Crippen LogP contribution is -2.31. The lowest BCUT2D eigenvalue weighted by atomic mass is 10.1. The number of carbonyl (C=O) groups excluding carboxylic acids is 2. The first-order valence-corrected chi connectivity index (χ1v) is 5.94. The first-order valence-electron chi connectivity index (χ1n) is 5.94. The van der Waals surface area contributed by atoms with E-state index in [1.165, 1.54) is 6.07 Å². The Morgan fingerprint density at radius 2 is 2.06 bits per heavy atom. The van der Waals surface area contributed by atoms with Crippen molar-refractivity contribution in [1.82, 2.24) is 5.32 Å². The molecule has 0 fully saturated rings. The zero-order chi connectivity index (χ0) is 13.0. The van der Waals surface area contributed by atoms with Crippen LogP contribution in [-0.2, 0) is 4.79 Å². The van der Waals surface area contributed by atoms with E-state index in [-0.39, 0.29) is 6.79 Å². The molecule has 1 aromatic rings. The molecule has 1 amide bonds. The average Bonchev–Trinajstić information content (AvgIpc) is 2.85.